The molecule has 0 amide bonds. The molecule has 8 heteroatoms. The number of aromatic nitrogens is 2. The van der Waals surface area contributed by atoms with Crippen LogP contribution in [0, 0.1) is 15.5 Å². The molecule has 0 aliphatic rings. The zero-order chi connectivity index (χ0) is 15.8. The molecule has 0 bridgehead atoms. The lowest BCUT2D eigenvalue weighted by Gasteiger charge is -2.15. The van der Waals surface area contributed by atoms with Crippen molar-refractivity contribution < 1.29 is 14.6 Å². The van der Waals surface area contributed by atoms with E-state index in [1.807, 2.05) is 0 Å². The molecule has 21 heavy (non-hydrogen) atoms. The maximum Gasteiger partial charge on any atom is 0.340 e. The van der Waals surface area contributed by atoms with Crippen molar-refractivity contribution in [3.63, 3.8) is 0 Å². The van der Waals surface area contributed by atoms with Crippen LogP contribution in [0.4, 0.5) is 5.69 Å². The van der Waals surface area contributed by atoms with Gasteiger partial charge in [-0.1, -0.05) is 4.85 Å². The number of thioether (sulfide) groups is 1. The first-order chi connectivity index (χ1) is 9.74. The summed E-state index contributed by atoms with van der Waals surface area (Å²) in [5.74, 6) is -0.434. The van der Waals surface area contributed by atoms with Crippen molar-refractivity contribution in [3.05, 3.63) is 28.4 Å². The zero-order valence-electron chi connectivity index (χ0n) is 12.1. The van der Waals surface area contributed by atoms with Crippen LogP contribution in [0.5, 0.6) is 0 Å². The standard InChI is InChI=1S/C13H15N3O4S/c1-13(2,3)12(17)20-15-9-6-11(21-4)10(16(18)19)5-8(9)7-14-15/h5-7H,1-4H3. The van der Waals surface area contributed by atoms with E-state index in [9.17, 15) is 14.9 Å². The van der Waals surface area contributed by atoms with Gasteiger partial charge in [-0.2, -0.15) is 0 Å². The average Bonchev–Trinajstić information content (AvgIpc) is 2.78. The summed E-state index contributed by atoms with van der Waals surface area (Å²) in [6.45, 7) is 5.21. The fourth-order valence-electron chi connectivity index (χ4n) is 1.61. The number of carbonyl (C=O) groups is 1. The smallest absolute Gasteiger partial charge is 0.318 e. The van der Waals surface area contributed by atoms with Crippen molar-refractivity contribution in [2.75, 3.05) is 6.26 Å². The van der Waals surface area contributed by atoms with Crippen molar-refractivity contribution in [2.24, 2.45) is 5.41 Å². The van der Waals surface area contributed by atoms with Gasteiger partial charge in [0.25, 0.3) is 5.69 Å². The number of rotatable bonds is 3. The summed E-state index contributed by atoms with van der Waals surface area (Å²) in [6, 6.07) is 3.02. The van der Waals surface area contributed by atoms with Gasteiger partial charge < -0.3 is 4.84 Å². The molecule has 2 rings (SSSR count). The third-order valence-corrected chi connectivity index (χ3v) is 3.58. The molecule has 2 aromatic rings. The molecule has 0 radical (unpaired) electrons. The van der Waals surface area contributed by atoms with E-state index in [1.54, 1.807) is 33.1 Å². The number of benzene rings is 1. The monoisotopic (exact) mass is 309 g/mol. The van der Waals surface area contributed by atoms with Gasteiger partial charge in [-0.15, -0.1) is 16.9 Å². The summed E-state index contributed by atoms with van der Waals surface area (Å²) in [5, 5.41) is 15.5. The minimum absolute atomic E-state index is 0.0108. The first kappa shape index (κ1) is 15.3. The van der Waals surface area contributed by atoms with Crippen LogP contribution in [0.2, 0.25) is 0 Å². The lowest BCUT2D eigenvalue weighted by molar-refractivity contribution is -0.387. The summed E-state index contributed by atoms with van der Waals surface area (Å²) < 4.78 is 0. The summed E-state index contributed by atoms with van der Waals surface area (Å²) in [6.07, 6.45) is 3.18. The van der Waals surface area contributed by atoms with Crippen LogP contribution in [0.15, 0.2) is 23.2 Å². The molecule has 7 nitrogen and oxygen atoms in total. The molecular weight excluding hydrogens is 294 g/mol. The topological polar surface area (TPSA) is 87.3 Å². The molecule has 0 aliphatic carbocycles. The Morgan fingerprint density at radius 1 is 1.43 bits per heavy atom. The quantitative estimate of drug-likeness (QED) is 0.492. The highest BCUT2D eigenvalue weighted by molar-refractivity contribution is 7.98. The van der Waals surface area contributed by atoms with Crippen LogP contribution in [0.25, 0.3) is 10.9 Å². The SMILES string of the molecule is CSc1cc2c(cnn2OC(=O)C(C)(C)C)cc1[N+](=O)[O-]. The Balaban J connectivity index is 2.49. The Labute approximate surface area is 125 Å². The van der Waals surface area contributed by atoms with Gasteiger partial charge in [-0.05, 0) is 33.1 Å². The highest BCUT2D eigenvalue weighted by atomic mass is 32.2. The molecule has 112 valence electrons. The Morgan fingerprint density at radius 2 is 2.10 bits per heavy atom. The van der Waals surface area contributed by atoms with Crippen molar-refractivity contribution in [2.45, 2.75) is 25.7 Å². The van der Waals surface area contributed by atoms with Gasteiger partial charge in [0.2, 0.25) is 0 Å². The Hall–Kier alpha value is -2.09. The van der Waals surface area contributed by atoms with Crippen LogP contribution in [0.3, 0.4) is 0 Å². The van der Waals surface area contributed by atoms with Crippen molar-refractivity contribution >= 4 is 34.3 Å². The number of hydrogen-bond donors (Lipinski definition) is 0. The lowest BCUT2D eigenvalue weighted by atomic mass is 9.98. The maximum absolute atomic E-state index is 11.9. The number of hydrogen-bond acceptors (Lipinski definition) is 6. The zero-order valence-corrected chi connectivity index (χ0v) is 12.9. The second-order valence-corrected chi connectivity index (χ2v) is 6.33. The van der Waals surface area contributed by atoms with E-state index in [0.29, 0.717) is 15.8 Å². The average molecular weight is 309 g/mol. The van der Waals surface area contributed by atoms with Crippen LogP contribution in [-0.2, 0) is 4.79 Å². The normalized spacial score (nSPS) is 11.6. The second kappa shape index (κ2) is 5.36. The molecule has 0 unspecified atom stereocenters. The fraction of sp³-hybridized carbons (Fsp3) is 0.385. The molecule has 0 spiro atoms. The van der Waals surface area contributed by atoms with E-state index in [4.69, 9.17) is 4.84 Å². The molecular formula is C13H15N3O4S. The fourth-order valence-corrected chi connectivity index (χ4v) is 2.19. The summed E-state index contributed by atoms with van der Waals surface area (Å²) >= 11 is 1.25. The van der Waals surface area contributed by atoms with Crippen molar-refractivity contribution in [3.8, 4) is 0 Å². The molecule has 1 aromatic carbocycles. The van der Waals surface area contributed by atoms with E-state index < -0.39 is 16.3 Å². The van der Waals surface area contributed by atoms with Gasteiger partial charge >= 0.3 is 5.97 Å². The van der Waals surface area contributed by atoms with E-state index in [1.165, 1.54) is 24.0 Å². The highest BCUT2D eigenvalue weighted by Gasteiger charge is 2.25. The molecule has 1 heterocycles. The molecule has 0 N–H and O–H groups in total. The number of fused-ring (bicyclic) bond motifs is 1. The van der Waals surface area contributed by atoms with E-state index >= 15 is 0 Å². The Bertz CT molecular complexity index is 718. The van der Waals surface area contributed by atoms with Crippen LogP contribution in [0.1, 0.15) is 20.8 Å². The Kier molecular flexibility index (Phi) is 3.91. The van der Waals surface area contributed by atoms with Gasteiger partial charge in [0.15, 0.2) is 0 Å². The third kappa shape index (κ3) is 2.99. The molecule has 0 saturated carbocycles. The summed E-state index contributed by atoms with van der Waals surface area (Å²) in [7, 11) is 0. The molecule has 0 saturated heterocycles. The first-order valence-corrected chi connectivity index (χ1v) is 7.39. The van der Waals surface area contributed by atoms with Gasteiger partial charge in [-0.25, -0.2) is 4.79 Å². The minimum Gasteiger partial charge on any atom is -0.318 e. The van der Waals surface area contributed by atoms with Crippen LogP contribution >= 0.6 is 11.8 Å². The number of nitro groups is 1. The van der Waals surface area contributed by atoms with Crippen molar-refractivity contribution in [1.29, 1.82) is 0 Å². The molecule has 0 aliphatic heterocycles. The number of nitro benzene ring substituents is 1. The molecule has 0 atom stereocenters. The third-order valence-electron chi connectivity index (χ3n) is 2.81. The minimum atomic E-state index is -0.665. The predicted molar refractivity (Wildman–Crippen MR) is 79.2 cm³/mol. The first-order valence-electron chi connectivity index (χ1n) is 6.17. The summed E-state index contributed by atoms with van der Waals surface area (Å²) in [4.78, 5) is 29.3. The number of carbonyl (C=O) groups excluding carboxylic acids is 1. The van der Waals surface area contributed by atoms with Gasteiger partial charge in [-0.3, -0.25) is 10.1 Å². The molecule has 1 aromatic heterocycles. The van der Waals surface area contributed by atoms with Crippen LogP contribution in [-0.4, -0.2) is 27.1 Å². The van der Waals surface area contributed by atoms with Crippen molar-refractivity contribution in [1.82, 2.24) is 9.94 Å². The maximum atomic E-state index is 11.9. The van der Waals surface area contributed by atoms with Crippen LogP contribution < -0.4 is 4.84 Å². The lowest BCUT2D eigenvalue weighted by Crippen LogP contribution is -2.31. The van der Waals surface area contributed by atoms with Gasteiger partial charge in [0, 0.05) is 11.5 Å². The highest BCUT2D eigenvalue weighted by Crippen LogP contribution is 2.32. The largest absolute Gasteiger partial charge is 0.340 e. The van der Waals surface area contributed by atoms with E-state index in [0.717, 1.165) is 4.85 Å². The predicted octanol–water partition coefficient (Wildman–Crippen LogP) is 2.67. The second-order valence-electron chi connectivity index (χ2n) is 5.49. The van der Waals surface area contributed by atoms with Gasteiger partial charge in [0.05, 0.1) is 21.4 Å². The summed E-state index contributed by atoms with van der Waals surface area (Å²) in [5.41, 5.74) is -0.138. The van der Waals surface area contributed by atoms with E-state index in [-0.39, 0.29) is 5.69 Å². The Morgan fingerprint density at radius 3 is 2.62 bits per heavy atom. The van der Waals surface area contributed by atoms with Gasteiger partial charge in [0.1, 0.15) is 5.52 Å². The van der Waals surface area contributed by atoms with E-state index in [2.05, 4.69) is 5.10 Å². The number of nitrogens with zero attached hydrogens (tertiary/aromatic N) is 3. The molecule has 0 fully saturated rings.